The Morgan fingerprint density at radius 2 is 1.67 bits per heavy atom. The molecule has 0 saturated heterocycles. The van der Waals surface area contributed by atoms with Gasteiger partial charge in [0.2, 0.25) is 5.91 Å². The lowest BCUT2D eigenvalue weighted by atomic mass is 9.99. The molecule has 1 atom stereocenters. The van der Waals surface area contributed by atoms with Crippen molar-refractivity contribution in [3.05, 3.63) is 94.3 Å². The van der Waals surface area contributed by atoms with Gasteiger partial charge in [-0.25, -0.2) is 0 Å². The first kappa shape index (κ1) is 23.1. The second kappa shape index (κ2) is 9.06. The fraction of sp³-hybridized carbons (Fsp3) is 0.333. The molecule has 0 bridgehead atoms. The van der Waals surface area contributed by atoms with Crippen LogP contribution in [0.3, 0.4) is 0 Å². The highest BCUT2D eigenvalue weighted by Gasteiger charge is 2.36. The molecule has 3 aromatic rings. The Labute approximate surface area is 200 Å². The predicted molar refractivity (Wildman–Crippen MR) is 131 cm³/mol. The zero-order valence-electron chi connectivity index (χ0n) is 19.6. The average molecular weight is 464 g/mol. The SMILES string of the molecule is Cc1ccc(C(=O)N(CC(=O)N2CCn3cccc3C2c2ccc(Cl)cc2)C(C)(C)C)cc1. The zero-order valence-corrected chi connectivity index (χ0v) is 20.3. The Bertz CT molecular complexity index is 1140. The van der Waals surface area contributed by atoms with Gasteiger partial charge in [0.1, 0.15) is 6.54 Å². The molecule has 0 spiro atoms. The maximum atomic E-state index is 13.7. The normalized spacial score (nSPS) is 15.8. The summed E-state index contributed by atoms with van der Waals surface area (Å²) in [5.74, 6) is -0.211. The van der Waals surface area contributed by atoms with Gasteiger partial charge < -0.3 is 14.4 Å². The molecule has 1 aromatic heterocycles. The van der Waals surface area contributed by atoms with Crippen LogP contribution in [0.4, 0.5) is 0 Å². The van der Waals surface area contributed by atoms with Crippen molar-refractivity contribution in [1.29, 1.82) is 0 Å². The number of nitrogens with zero attached hydrogens (tertiary/aromatic N) is 3. The monoisotopic (exact) mass is 463 g/mol. The number of rotatable bonds is 4. The Morgan fingerprint density at radius 3 is 2.30 bits per heavy atom. The van der Waals surface area contributed by atoms with Gasteiger partial charge >= 0.3 is 0 Å². The fourth-order valence-electron chi connectivity index (χ4n) is 4.34. The van der Waals surface area contributed by atoms with Crippen LogP contribution in [0.25, 0.3) is 0 Å². The molecule has 2 aromatic carbocycles. The van der Waals surface area contributed by atoms with E-state index in [1.807, 2.05) is 93.4 Å². The average Bonchev–Trinajstić information content (AvgIpc) is 3.25. The number of carbonyl (C=O) groups excluding carboxylic acids is 2. The summed E-state index contributed by atoms with van der Waals surface area (Å²) in [6, 6.07) is 19.0. The molecule has 1 aliphatic rings. The second-order valence-corrected chi connectivity index (χ2v) is 10.0. The highest BCUT2D eigenvalue weighted by Crippen LogP contribution is 2.33. The lowest BCUT2D eigenvalue weighted by molar-refractivity contribution is -0.135. The van der Waals surface area contributed by atoms with Crippen molar-refractivity contribution >= 4 is 23.4 Å². The summed E-state index contributed by atoms with van der Waals surface area (Å²) in [6.07, 6.45) is 2.04. The van der Waals surface area contributed by atoms with Gasteiger partial charge in [-0.1, -0.05) is 41.4 Å². The number of benzene rings is 2. The fourth-order valence-corrected chi connectivity index (χ4v) is 4.47. The molecule has 0 radical (unpaired) electrons. The number of hydrogen-bond acceptors (Lipinski definition) is 2. The first-order valence-electron chi connectivity index (χ1n) is 11.2. The molecule has 1 unspecified atom stereocenters. The van der Waals surface area contributed by atoms with E-state index >= 15 is 0 Å². The molecule has 1 aliphatic heterocycles. The van der Waals surface area contributed by atoms with Crippen LogP contribution in [-0.4, -0.2) is 44.8 Å². The molecule has 0 saturated carbocycles. The third kappa shape index (κ3) is 4.83. The highest BCUT2D eigenvalue weighted by atomic mass is 35.5. The Kier molecular flexibility index (Phi) is 6.35. The van der Waals surface area contributed by atoms with Crippen LogP contribution >= 0.6 is 11.6 Å². The maximum absolute atomic E-state index is 13.7. The summed E-state index contributed by atoms with van der Waals surface area (Å²) < 4.78 is 2.18. The van der Waals surface area contributed by atoms with Crippen molar-refractivity contribution in [3.63, 3.8) is 0 Å². The van der Waals surface area contributed by atoms with E-state index in [-0.39, 0.29) is 24.4 Å². The summed E-state index contributed by atoms with van der Waals surface area (Å²) in [6.45, 7) is 9.19. The predicted octanol–water partition coefficient (Wildman–Crippen LogP) is 5.32. The Balaban J connectivity index is 1.65. The summed E-state index contributed by atoms with van der Waals surface area (Å²) in [4.78, 5) is 30.7. The molecule has 172 valence electrons. The van der Waals surface area contributed by atoms with E-state index in [2.05, 4.69) is 10.6 Å². The molecule has 0 fully saturated rings. The molecule has 5 nitrogen and oxygen atoms in total. The zero-order chi connectivity index (χ0) is 23.8. The van der Waals surface area contributed by atoms with Crippen molar-refractivity contribution in [1.82, 2.24) is 14.4 Å². The molecule has 6 heteroatoms. The van der Waals surface area contributed by atoms with Gasteiger partial charge in [0, 0.05) is 41.1 Å². The van der Waals surface area contributed by atoms with Gasteiger partial charge in [0.05, 0.1) is 6.04 Å². The molecule has 33 heavy (non-hydrogen) atoms. The minimum atomic E-state index is -0.511. The van der Waals surface area contributed by atoms with E-state index in [4.69, 9.17) is 11.6 Å². The number of carbonyl (C=O) groups is 2. The van der Waals surface area contributed by atoms with Crippen LogP contribution in [0.2, 0.25) is 5.02 Å². The standard InChI is InChI=1S/C27H30ClN3O2/c1-19-7-9-21(10-8-19)26(33)31(27(2,3)4)18-24(32)30-17-16-29-15-5-6-23(29)25(30)20-11-13-22(28)14-12-20/h5-15,25H,16-18H2,1-4H3. The third-order valence-electron chi connectivity index (χ3n) is 6.19. The minimum absolute atomic E-state index is 0.0149. The largest absolute Gasteiger partial charge is 0.348 e. The first-order valence-corrected chi connectivity index (χ1v) is 11.6. The second-order valence-electron chi connectivity index (χ2n) is 9.60. The van der Waals surface area contributed by atoms with Crippen LogP contribution in [0.1, 0.15) is 54.0 Å². The summed E-state index contributed by atoms with van der Waals surface area (Å²) in [5.41, 5.74) is 3.23. The number of aromatic nitrogens is 1. The summed E-state index contributed by atoms with van der Waals surface area (Å²) in [5, 5.41) is 0.658. The first-order chi connectivity index (χ1) is 15.6. The number of amides is 2. The summed E-state index contributed by atoms with van der Waals surface area (Å²) >= 11 is 6.12. The van der Waals surface area contributed by atoms with Crippen LogP contribution in [0.15, 0.2) is 66.9 Å². The molecular weight excluding hydrogens is 434 g/mol. The van der Waals surface area contributed by atoms with E-state index < -0.39 is 5.54 Å². The number of aryl methyl sites for hydroxylation is 1. The van der Waals surface area contributed by atoms with Crippen molar-refractivity contribution in [2.75, 3.05) is 13.1 Å². The lowest BCUT2D eigenvalue weighted by Gasteiger charge is -2.41. The van der Waals surface area contributed by atoms with Crippen LogP contribution in [0.5, 0.6) is 0 Å². The van der Waals surface area contributed by atoms with E-state index in [1.54, 1.807) is 4.90 Å². The van der Waals surface area contributed by atoms with Crippen LogP contribution < -0.4 is 0 Å². The van der Waals surface area contributed by atoms with Gasteiger partial charge in [-0.05, 0) is 69.7 Å². The van der Waals surface area contributed by atoms with Gasteiger partial charge in [-0.2, -0.15) is 0 Å². The topological polar surface area (TPSA) is 45.6 Å². The Morgan fingerprint density at radius 1 is 1.00 bits per heavy atom. The maximum Gasteiger partial charge on any atom is 0.254 e. The number of hydrogen-bond donors (Lipinski definition) is 0. The van der Waals surface area contributed by atoms with E-state index in [1.165, 1.54) is 0 Å². The van der Waals surface area contributed by atoms with E-state index in [9.17, 15) is 9.59 Å². The van der Waals surface area contributed by atoms with Crippen molar-refractivity contribution in [2.24, 2.45) is 0 Å². The third-order valence-corrected chi connectivity index (χ3v) is 6.44. The van der Waals surface area contributed by atoms with Crippen LogP contribution in [-0.2, 0) is 11.3 Å². The molecule has 4 rings (SSSR count). The van der Waals surface area contributed by atoms with Crippen molar-refractivity contribution < 1.29 is 9.59 Å². The lowest BCUT2D eigenvalue weighted by Crippen LogP contribution is -2.53. The van der Waals surface area contributed by atoms with Gasteiger partial charge in [-0.3, -0.25) is 9.59 Å². The minimum Gasteiger partial charge on any atom is -0.348 e. The smallest absolute Gasteiger partial charge is 0.254 e. The van der Waals surface area contributed by atoms with Crippen LogP contribution in [0, 0.1) is 6.92 Å². The molecule has 0 aliphatic carbocycles. The van der Waals surface area contributed by atoms with E-state index in [0.29, 0.717) is 17.1 Å². The van der Waals surface area contributed by atoms with Gasteiger partial charge in [0.15, 0.2) is 0 Å². The quantitative estimate of drug-likeness (QED) is 0.525. The number of fused-ring (bicyclic) bond motifs is 1. The molecular formula is C27H30ClN3O2. The van der Waals surface area contributed by atoms with Crippen molar-refractivity contribution in [2.45, 2.75) is 45.8 Å². The van der Waals surface area contributed by atoms with Gasteiger partial charge in [0.25, 0.3) is 5.91 Å². The number of halogens is 1. The highest BCUT2D eigenvalue weighted by molar-refractivity contribution is 6.30. The van der Waals surface area contributed by atoms with Crippen molar-refractivity contribution in [3.8, 4) is 0 Å². The molecule has 2 heterocycles. The summed E-state index contributed by atoms with van der Waals surface area (Å²) in [7, 11) is 0. The molecule has 0 N–H and O–H groups in total. The van der Waals surface area contributed by atoms with Gasteiger partial charge in [-0.15, -0.1) is 0 Å². The molecule has 2 amide bonds. The Hall–Kier alpha value is -3.05. The van der Waals surface area contributed by atoms with E-state index in [0.717, 1.165) is 23.4 Å².